The largest absolute Gasteiger partial charge is 0.334 e. The van der Waals surface area contributed by atoms with Gasteiger partial charge in [0.1, 0.15) is 0 Å². The highest BCUT2D eigenvalue weighted by Crippen LogP contribution is 2.27. The van der Waals surface area contributed by atoms with Gasteiger partial charge in [-0.1, -0.05) is 64.8 Å². The Morgan fingerprint density at radius 1 is 1.08 bits per heavy atom. The molecule has 134 valence electrons. The minimum atomic E-state index is -0.535. The summed E-state index contributed by atoms with van der Waals surface area (Å²) in [5, 5.41) is 12.5. The molecule has 0 aliphatic carbocycles. The Morgan fingerprint density at radius 3 is 2.58 bits per heavy atom. The molecular weight excluding hydrogens is 417 g/mol. The van der Waals surface area contributed by atoms with Crippen LogP contribution in [0.3, 0.4) is 0 Å². The highest BCUT2D eigenvalue weighted by atomic mass is 35.5. The molecule has 1 aromatic heterocycles. The van der Waals surface area contributed by atoms with E-state index in [9.17, 15) is 4.79 Å². The fourth-order valence-corrected chi connectivity index (χ4v) is 3.63. The van der Waals surface area contributed by atoms with E-state index in [1.165, 1.54) is 11.8 Å². The van der Waals surface area contributed by atoms with Gasteiger partial charge < -0.3 is 11.2 Å². The van der Waals surface area contributed by atoms with Crippen molar-refractivity contribution >= 4 is 58.1 Å². The van der Waals surface area contributed by atoms with E-state index in [4.69, 9.17) is 40.6 Å². The van der Waals surface area contributed by atoms with Crippen LogP contribution in [0.2, 0.25) is 15.1 Å². The van der Waals surface area contributed by atoms with Crippen molar-refractivity contribution < 1.29 is 0 Å². The van der Waals surface area contributed by atoms with Gasteiger partial charge in [-0.2, -0.15) is 4.68 Å². The molecule has 3 rings (SSSR count). The molecule has 3 N–H and O–H groups in total. The van der Waals surface area contributed by atoms with Gasteiger partial charge in [0.25, 0.3) is 0 Å². The van der Waals surface area contributed by atoms with Crippen molar-refractivity contribution in [1.29, 1.82) is 0 Å². The first-order chi connectivity index (χ1) is 12.5. The predicted molar refractivity (Wildman–Crippen MR) is 107 cm³/mol. The van der Waals surface area contributed by atoms with E-state index >= 15 is 0 Å². The van der Waals surface area contributed by atoms with E-state index in [0.717, 1.165) is 10.2 Å². The molecule has 0 unspecified atom stereocenters. The van der Waals surface area contributed by atoms with E-state index in [-0.39, 0.29) is 11.0 Å². The summed E-state index contributed by atoms with van der Waals surface area (Å²) in [5.41, 5.74) is 0.843. The summed E-state index contributed by atoms with van der Waals surface area (Å²) in [4.78, 5) is 12.4. The molecule has 26 heavy (non-hydrogen) atoms. The number of benzene rings is 2. The summed E-state index contributed by atoms with van der Waals surface area (Å²) in [6.07, 6.45) is 0. The van der Waals surface area contributed by atoms with Crippen molar-refractivity contribution in [3.8, 4) is 0 Å². The average Bonchev–Trinajstić information content (AvgIpc) is 2.61. The van der Waals surface area contributed by atoms with Crippen LogP contribution in [0.1, 0.15) is 5.56 Å². The van der Waals surface area contributed by atoms with Gasteiger partial charge in [-0.3, -0.25) is 4.79 Å². The molecule has 10 heteroatoms. The number of nitrogen functional groups attached to an aromatic ring is 1. The number of halogens is 3. The molecule has 0 radical (unpaired) electrons. The van der Waals surface area contributed by atoms with E-state index < -0.39 is 5.56 Å². The SMILES string of the molecule is Nn1c(SCc2ccccc2Cl)nnc(Nc2ccc(Cl)cc2Cl)c1=O. The Balaban J connectivity index is 1.80. The second kappa shape index (κ2) is 8.18. The standard InChI is InChI=1S/C16H12Cl3N5OS/c17-10-5-6-13(12(19)7-10)21-14-15(25)24(20)16(23-22-14)26-8-9-3-1-2-4-11(9)18/h1-7H,8,20H2,(H,21,22). The Labute approximate surface area is 168 Å². The van der Waals surface area contributed by atoms with Crippen molar-refractivity contribution in [1.82, 2.24) is 14.9 Å². The van der Waals surface area contributed by atoms with Crippen molar-refractivity contribution in [3.63, 3.8) is 0 Å². The molecule has 3 aromatic rings. The van der Waals surface area contributed by atoms with Crippen LogP contribution >= 0.6 is 46.6 Å². The van der Waals surface area contributed by atoms with Gasteiger partial charge in [0, 0.05) is 15.8 Å². The zero-order valence-corrected chi connectivity index (χ0v) is 16.2. The number of rotatable bonds is 5. The van der Waals surface area contributed by atoms with Crippen LogP contribution in [0.15, 0.2) is 52.4 Å². The molecule has 0 saturated heterocycles. The van der Waals surface area contributed by atoms with E-state index in [2.05, 4.69) is 15.5 Å². The minimum absolute atomic E-state index is 0.0428. The van der Waals surface area contributed by atoms with E-state index in [1.54, 1.807) is 24.3 Å². The van der Waals surface area contributed by atoms with Crippen LogP contribution in [-0.4, -0.2) is 14.9 Å². The third kappa shape index (κ3) is 4.24. The van der Waals surface area contributed by atoms with E-state index in [0.29, 0.717) is 26.5 Å². The van der Waals surface area contributed by atoms with Crippen LogP contribution in [0.4, 0.5) is 11.5 Å². The summed E-state index contributed by atoms with van der Waals surface area (Å²) in [6.45, 7) is 0. The number of hydrogen-bond acceptors (Lipinski definition) is 6. The number of aromatic nitrogens is 3. The number of thioether (sulfide) groups is 1. The molecule has 0 aliphatic rings. The average molecular weight is 429 g/mol. The second-order valence-corrected chi connectivity index (χ2v) is 7.33. The Morgan fingerprint density at radius 2 is 1.85 bits per heavy atom. The second-order valence-electron chi connectivity index (χ2n) is 5.14. The Bertz CT molecular complexity index is 1010. The number of anilines is 2. The molecule has 0 atom stereocenters. The van der Waals surface area contributed by atoms with Crippen LogP contribution in [-0.2, 0) is 5.75 Å². The van der Waals surface area contributed by atoms with Crippen LogP contribution in [0.25, 0.3) is 0 Å². The first-order valence-electron chi connectivity index (χ1n) is 7.29. The maximum Gasteiger partial charge on any atom is 0.315 e. The quantitative estimate of drug-likeness (QED) is 0.464. The first-order valence-corrected chi connectivity index (χ1v) is 9.40. The molecule has 0 aliphatic heterocycles. The molecule has 0 bridgehead atoms. The fraction of sp³-hybridized carbons (Fsp3) is 0.0625. The van der Waals surface area contributed by atoms with E-state index in [1.807, 2.05) is 18.2 Å². The van der Waals surface area contributed by atoms with Crippen LogP contribution < -0.4 is 16.7 Å². The Hall–Kier alpha value is -1.93. The third-order valence-corrected chi connectivity index (χ3v) is 5.27. The van der Waals surface area contributed by atoms with Crippen molar-refractivity contribution in [2.24, 2.45) is 0 Å². The lowest BCUT2D eigenvalue weighted by atomic mass is 10.2. The van der Waals surface area contributed by atoms with Crippen LogP contribution in [0, 0.1) is 0 Å². The van der Waals surface area contributed by atoms with Crippen molar-refractivity contribution in [3.05, 3.63) is 73.4 Å². The maximum absolute atomic E-state index is 12.4. The number of nitrogens with two attached hydrogens (primary N) is 1. The summed E-state index contributed by atoms with van der Waals surface area (Å²) < 4.78 is 0.931. The van der Waals surface area contributed by atoms with Gasteiger partial charge in [-0.05, 0) is 29.8 Å². The van der Waals surface area contributed by atoms with Gasteiger partial charge in [0.2, 0.25) is 11.0 Å². The highest BCUT2D eigenvalue weighted by Gasteiger charge is 2.13. The summed E-state index contributed by atoms with van der Waals surface area (Å²) >= 11 is 19.3. The zero-order valence-electron chi connectivity index (χ0n) is 13.1. The number of hydrogen-bond donors (Lipinski definition) is 2. The fourth-order valence-electron chi connectivity index (χ4n) is 2.04. The number of nitrogens with zero attached hydrogens (tertiary/aromatic N) is 3. The van der Waals surface area contributed by atoms with Gasteiger partial charge in [0.05, 0.1) is 10.7 Å². The predicted octanol–water partition coefficient (Wildman–Crippen LogP) is 4.35. The molecule has 0 spiro atoms. The highest BCUT2D eigenvalue weighted by molar-refractivity contribution is 7.98. The lowest BCUT2D eigenvalue weighted by Crippen LogP contribution is -2.32. The van der Waals surface area contributed by atoms with Crippen molar-refractivity contribution in [2.45, 2.75) is 10.9 Å². The first kappa shape index (κ1) is 18.8. The topological polar surface area (TPSA) is 85.8 Å². The van der Waals surface area contributed by atoms with Gasteiger partial charge in [0.15, 0.2) is 0 Å². The molecule has 1 heterocycles. The van der Waals surface area contributed by atoms with Crippen molar-refractivity contribution in [2.75, 3.05) is 11.2 Å². The third-order valence-electron chi connectivity index (χ3n) is 3.36. The molecule has 2 aromatic carbocycles. The zero-order chi connectivity index (χ0) is 18.7. The van der Waals surface area contributed by atoms with Gasteiger partial charge in [-0.25, -0.2) is 0 Å². The normalized spacial score (nSPS) is 10.7. The number of nitrogens with one attached hydrogen (secondary N) is 1. The summed E-state index contributed by atoms with van der Waals surface area (Å²) in [6, 6.07) is 12.2. The van der Waals surface area contributed by atoms with Crippen LogP contribution in [0.5, 0.6) is 0 Å². The Kier molecular flexibility index (Phi) is 5.93. The molecule has 6 nitrogen and oxygen atoms in total. The molecule has 0 amide bonds. The molecule has 0 fully saturated rings. The van der Waals surface area contributed by atoms with Gasteiger partial charge >= 0.3 is 5.56 Å². The maximum atomic E-state index is 12.4. The molecular formula is C16H12Cl3N5OS. The lowest BCUT2D eigenvalue weighted by molar-refractivity contribution is 0.705. The minimum Gasteiger partial charge on any atom is -0.334 e. The smallest absolute Gasteiger partial charge is 0.315 e. The lowest BCUT2D eigenvalue weighted by Gasteiger charge is -2.10. The molecule has 0 saturated carbocycles. The monoisotopic (exact) mass is 427 g/mol. The summed E-state index contributed by atoms with van der Waals surface area (Å²) in [5.74, 6) is 6.31. The summed E-state index contributed by atoms with van der Waals surface area (Å²) in [7, 11) is 0. The van der Waals surface area contributed by atoms with Gasteiger partial charge in [-0.15, -0.1) is 10.2 Å².